The third-order valence-corrected chi connectivity index (χ3v) is 3.35. The zero-order valence-corrected chi connectivity index (χ0v) is 12.1. The van der Waals surface area contributed by atoms with Crippen molar-refractivity contribution in [2.45, 2.75) is 32.2 Å². The minimum atomic E-state index is -0.380. The lowest BCUT2D eigenvalue weighted by Gasteiger charge is -2.23. The number of nitrogens with one attached hydrogen (secondary N) is 3. The van der Waals surface area contributed by atoms with Crippen LogP contribution in [0.3, 0.4) is 0 Å². The third-order valence-electron chi connectivity index (χ3n) is 3.35. The number of carbonyl (C=O) groups is 2. The maximum Gasteiger partial charge on any atom is 0.243 e. The number of amides is 2. The first-order chi connectivity index (χ1) is 9.36. The van der Waals surface area contributed by atoms with Crippen LogP contribution in [0.15, 0.2) is 24.3 Å². The van der Waals surface area contributed by atoms with E-state index in [-0.39, 0.29) is 29.8 Å². The van der Waals surface area contributed by atoms with Crippen LogP contribution in [0.2, 0.25) is 0 Å². The first kappa shape index (κ1) is 14.5. The van der Waals surface area contributed by atoms with Gasteiger partial charge in [-0.1, -0.05) is 32.9 Å². The summed E-state index contributed by atoms with van der Waals surface area (Å²) in [6, 6.07) is 7.46. The Balaban J connectivity index is 1.96. The van der Waals surface area contributed by atoms with Gasteiger partial charge in [-0.15, -0.1) is 0 Å². The quantitative estimate of drug-likeness (QED) is 0.754. The van der Waals surface area contributed by atoms with Crippen LogP contribution in [0.25, 0.3) is 0 Å². The van der Waals surface area contributed by atoms with Gasteiger partial charge in [0.25, 0.3) is 0 Å². The van der Waals surface area contributed by atoms with E-state index in [0.717, 1.165) is 5.69 Å². The Morgan fingerprint density at radius 1 is 1.25 bits per heavy atom. The van der Waals surface area contributed by atoms with Crippen LogP contribution >= 0.6 is 0 Å². The highest BCUT2D eigenvalue weighted by molar-refractivity contribution is 5.96. The van der Waals surface area contributed by atoms with Gasteiger partial charge in [-0.05, 0) is 23.1 Å². The molecular formula is C15H21N3O2. The second kappa shape index (κ2) is 5.63. The van der Waals surface area contributed by atoms with Gasteiger partial charge in [-0.2, -0.15) is 0 Å². The fourth-order valence-electron chi connectivity index (χ4n) is 2.03. The van der Waals surface area contributed by atoms with Crippen molar-refractivity contribution in [3.05, 3.63) is 29.8 Å². The Morgan fingerprint density at radius 3 is 2.40 bits per heavy atom. The standard InChI is InChI=1S/C15H21N3O2/c1-15(2,3)10-4-6-11(7-5-10)18-14(20)12-8-17-13(19)9-16-12/h4-7,12,16H,8-9H2,1-3H3,(H,17,19)(H,18,20). The molecule has 1 fully saturated rings. The molecule has 1 aromatic rings. The zero-order chi connectivity index (χ0) is 14.8. The molecule has 0 aliphatic carbocycles. The lowest BCUT2D eigenvalue weighted by atomic mass is 9.87. The monoisotopic (exact) mass is 275 g/mol. The van der Waals surface area contributed by atoms with Crippen LogP contribution < -0.4 is 16.0 Å². The van der Waals surface area contributed by atoms with Gasteiger partial charge < -0.3 is 10.6 Å². The van der Waals surface area contributed by atoms with E-state index in [1.165, 1.54) is 5.56 Å². The first-order valence-electron chi connectivity index (χ1n) is 6.78. The summed E-state index contributed by atoms with van der Waals surface area (Å²) in [7, 11) is 0. The van der Waals surface area contributed by atoms with E-state index in [4.69, 9.17) is 0 Å². The van der Waals surface area contributed by atoms with Crippen molar-refractivity contribution in [2.24, 2.45) is 0 Å². The van der Waals surface area contributed by atoms with Gasteiger partial charge >= 0.3 is 0 Å². The summed E-state index contributed by atoms with van der Waals surface area (Å²) in [5, 5.41) is 8.42. The van der Waals surface area contributed by atoms with E-state index in [9.17, 15) is 9.59 Å². The summed E-state index contributed by atoms with van der Waals surface area (Å²) in [5.41, 5.74) is 2.08. The SMILES string of the molecule is CC(C)(C)c1ccc(NC(=O)C2CNC(=O)CN2)cc1. The third kappa shape index (κ3) is 3.57. The fraction of sp³-hybridized carbons (Fsp3) is 0.467. The Bertz CT molecular complexity index is 493. The molecule has 5 nitrogen and oxygen atoms in total. The summed E-state index contributed by atoms with van der Waals surface area (Å²) in [5.74, 6) is -0.211. The van der Waals surface area contributed by atoms with Crippen molar-refractivity contribution in [3.63, 3.8) is 0 Å². The Kier molecular flexibility index (Phi) is 4.09. The summed E-state index contributed by atoms with van der Waals surface area (Å²) in [4.78, 5) is 23.0. The van der Waals surface area contributed by atoms with E-state index in [0.29, 0.717) is 6.54 Å². The number of piperazine rings is 1. The van der Waals surface area contributed by atoms with Crippen LogP contribution in [-0.4, -0.2) is 30.9 Å². The van der Waals surface area contributed by atoms with Crippen LogP contribution in [0.5, 0.6) is 0 Å². The maximum atomic E-state index is 12.0. The van der Waals surface area contributed by atoms with Crippen molar-refractivity contribution in [3.8, 4) is 0 Å². The van der Waals surface area contributed by atoms with Crippen LogP contribution in [0.1, 0.15) is 26.3 Å². The molecule has 1 saturated heterocycles. The Hall–Kier alpha value is -1.88. The molecule has 1 aliphatic heterocycles. The predicted molar refractivity (Wildman–Crippen MR) is 78.6 cm³/mol. The maximum absolute atomic E-state index is 12.0. The van der Waals surface area contributed by atoms with Gasteiger partial charge in [-0.3, -0.25) is 14.9 Å². The minimum absolute atomic E-state index is 0.0800. The molecule has 0 bridgehead atoms. The molecule has 0 aromatic heterocycles. The van der Waals surface area contributed by atoms with Crippen molar-refractivity contribution in [2.75, 3.05) is 18.4 Å². The van der Waals surface area contributed by atoms with Gasteiger partial charge in [-0.25, -0.2) is 0 Å². The van der Waals surface area contributed by atoms with Crippen molar-refractivity contribution in [1.82, 2.24) is 10.6 Å². The van der Waals surface area contributed by atoms with Crippen LogP contribution in [0.4, 0.5) is 5.69 Å². The molecule has 1 atom stereocenters. The molecule has 0 spiro atoms. The highest BCUT2D eigenvalue weighted by Gasteiger charge is 2.23. The fourth-order valence-corrected chi connectivity index (χ4v) is 2.03. The molecule has 5 heteroatoms. The number of hydrogen-bond donors (Lipinski definition) is 3. The number of rotatable bonds is 2. The number of hydrogen-bond acceptors (Lipinski definition) is 3. The molecule has 1 heterocycles. The minimum Gasteiger partial charge on any atom is -0.353 e. The van der Waals surface area contributed by atoms with Crippen LogP contribution in [-0.2, 0) is 15.0 Å². The molecule has 0 saturated carbocycles. The van der Waals surface area contributed by atoms with Gasteiger partial charge in [0.05, 0.1) is 6.54 Å². The lowest BCUT2D eigenvalue weighted by molar-refractivity contribution is -0.124. The highest BCUT2D eigenvalue weighted by atomic mass is 16.2. The van der Waals surface area contributed by atoms with Gasteiger partial charge in [0.2, 0.25) is 11.8 Å². The van der Waals surface area contributed by atoms with E-state index < -0.39 is 0 Å². The molecule has 20 heavy (non-hydrogen) atoms. The number of benzene rings is 1. The first-order valence-corrected chi connectivity index (χ1v) is 6.78. The van der Waals surface area contributed by atoms with E-state index in [1.54, 1.807) is 0 Å². The molecule has 3 N–H and O–H groups in total. The van der Waals surface area contributed by atoms with Gasteiger partial charge in [0.15, 0.2) is 0 Å². The van der Waals surface area contributed by atoms with E-state index in [1.807, 2.05) is 24.3 Å². The largest absolute Gasteiger partial charge is 0.353 e. The van der Waals surface area contributed by atoms with Gasteiger partial charge in [0, 0.05) is 12.2 Å². The summed E-state index contributed by atoms with van der Waals surface area (Å²) < 4.78 is 0. The molecule has 0 radical (unpaired) electrons. The topological polar surface area (TPSA) is 70.2 Å². The lowest BCUT2D eigenvalue weighted by Crippen LogP contribution is -2.56. The van der Waals surface area contributed by atoms with E-state index in [2.05, 4.69) is 36.7 Å². The van der Waals surface area contributed by atoms with Crippen molar-refractivity contribution < 1.29 is 9.59 Å². The summed E-state index contributed by atoms with van der Waals surface area (Å²) in [6.07, 6.45) is 0. The average Bonchev–Trinajstić information content (AvgIpc) is 2.39. The number of carbonyl (C=O) groups excluding carboxylic acids is 2. The Morgan fingerprint density at radius 2 is 1.90 bits per heavy atom. The van der Waals surface area contributed by atoms with Crippen molar-refractivity contribution in [1.29, 1.82) is 0 Å². The molecule has 108 valence electrons. The molecule has 1 aromatic carbocycles. The van der Waals surface area contributed by atoms with Crippen molar-refractivity contribution >= 4 is 17.5 Å². The average molecular weight is 275 g/mol. The molecule has 1 unspecified atom stereocenters. The smallest absolute Gasteiger partial charge is 0.243 e. The van der Waals surface area contributed by atoms with Gasteiger partial charge in [0.1, 0.15) is 6.04 Å². The summed E-state index contributed by atoms with van der Waals surface area (Å²) in [6.45, 7) is 6.95. The normalized spacial score (nSPS) is 19.4. The zero-order valence-electron chi connectivity index (χ0n) is 12.1. The van der Waals surface area contributed by atoms with E-state index >= 15 is 0 Å². The second-order valence-electron chi connectivity index (χ2n) is 6.05. The summed E-state index contributed by atoms with van der Waals surface area (Å²) >= 11 is 0. The second-order valence-corrected chi connectivity index (χ2v) is 6.05. The predicted octanol–water partition coefficient (Wildman–Crippen LogP) is 1.01. The molecule has 2 amide bonds. The molecule has 1 aliphatic rings. The Labute approximate surface area is 119 Å². The molecular weight excluding hydrogens is 254 g/mol. The highest BCUT2D eigenvalue weighted by Crippen LogP contribution is 2.23. The number of anilines is 1. The molecule has 2 rings (SSSR count). The van der Waals surface area contributed by atoms with Crippen LogP contribution in [0, 0.1) is 0 Å².